The Labute approximate surface area is 148 Å². The van der Waals surface area contributed by atoms with Crippen LogP contribution in [0.15, 0.2) is 18.2 Å². The van der Waals surface area contributed by atoms with E-state index in [1.54, 1.807) is 17.0 Å². The highest BCUT2D eigenvalue weighted by molar-refractivity contribution is 6.39. The van der Waals surface area contributed by atoms with Gasteiger partial charge in [-0.2, -0.15) is 0 Å². The van der Waals surface area contributed by atoms with E-state index in [1.807, 2.05) is 13.0 Å². The van der Waals surface area contributed by atoms with Crippen LogP contribution in [0, 0.1) is 6.92 Å². The molecule has 0 radical (unpaired) electrons. The van der Waals surface area contributed by atoms with Crippen molar-refractivity contribution in [1.29, 1.82) is 0 Å². The molecule has 1 aromatic rings. The largest absolute Gasteiger partial charge is 0.345 e. The second-order valence-corrected chi connectivity index (χ2v) is 6.91. The predicted octanol–water partition coefficient (Wildman–Crippen LogP) is 2.51. The van der Waals surface area contributed by atoms with Gasteiger partial charge in [0.2, 0.25) is 5.91 Å². The van der Waals surface area contributed by atoms with Gasteiger partial charge in [-0.15, -0.1) is 0 Å². The third kappa shape index (κ3) is 4.18. The Balaban J connectivity index is 1.64. The van der Waals surface area contributed by atoms with Crippen LogP contribution in [-0.2, 0) is 14.4 Å². The molecule has 2 aliphatic rings. The molecule has 0 atom stereocenters. The molecule has 1 aliphatic heterocycles. The lowest BCUT2D eigenvalue weighted by Crippen LogP contribution is -2.42. The van der Waals surface area contributed by atoms with E-state index >= 15 is 0 Å². The number of carbonyl (C=O) groups is 3. The lowest BCUT2D eigenvalue weighted by Gasteiger charge is -2.22. The fourth-order valence-corrected chi connectivity index (χ4v) is 3.57. The zero-order valence-corrected chi connectivity index (χ0v) is 14.6. The van der Waals surface area contributed by atoms with Crippen LogP contribution in [0.5, 0.6) is 0 Å². The van der Waals surface area contributed by atoms with Gasteiger partial charge in [-0.1, -0.05) is 25.3 Å². The van der Waals surface area contributed by atoms with Crippen LogP contribution in [0.25, 0.3) is 0 Å². The van der Waals surface area contributed by atoms with Gasteiger partial charge in [0.1, 0.15) is 0 Å². The highest BCUT2D eigenvalue weighted by atomic mass is 16.2. The molecule has 0 bridgehead atoms. The van der Waals surface area contributed by atoms with Crippen molar-refractivity contribution in [2.45, 2.75) is 57.9 Å². The number of carbonyl (C=O) groups excluding carboxylic acids is 3. The lowest BCUT2D eigenvalue weighted by atomic mass is 9.95. The summed E-state index contributed by atoms with van der Waals surface area (Å²) in [5, 5.41) is 5.46. The van der Waals surface area contributed by atoms with E-state index in [9.17, 15) is 14.4 Å². The van der Waals surface area contributed by atoms with E-state index in [1.165, 1.54) is 6.42 Å². The normalized spacial score (nSPS) is 18.3. The van der Waals surface area contributed by atoms with E-state index < -0.39 is 11.8 Å². The van der Waals surface area contributed by atoms with Crippen LogP contribution < -0.4 is 15.5 Å². The summed E-state index contributed by atoms with van der Waals surface area (Å²) in [6.45, 7) is 2.63. The van der Waals surface area contributed by atoms with Gasteiger partial charge in [-0.05, 0) is 43.9 Å². The quantitative estimate of drug-likeness (QED) is 0.828. The third-order valence-electron chi connectivity index (χ3n) is 4.98. The minimum absolute atomic E-state index is 0.0987. The van der Waals surface area contributed by atoms with Crippen molar-refractivity contribution in [3.63, 3.8) is 0 Å². The molecule has 6 nitrogen and oxygen atoms in total. The summed E-state index contributed by atoms with van der Waals surface area (Å²) in [6, 6.07) is 5.48. The molecule has 0 aromatic heterocycles. The first-order valence-electron chi connectivity index (χ1n) is 9.07. The van der Waals surface area contributed by atoms with E-state index in [-0.39, 0.29) is 11.9 Å². The number of hydrogen-bond donors (Lipinski definition) is 2. The Morgan fingerprint density at radius 2 is 1.84 bits per heavy atom. The van der Waals surface area contributed by atoms with Gasteiger partial charge in [-0.3, -0.25) is 14.4 Å². The van der Waals surface area contributed by atoms with Crippen LogP contribution in [0.2, 0.25) is 0 Å². The van der Waals surface area contributed by atoms with Crippen molar-refractivity contribution in [2.24, 2.45) is 0 Å². The molecule has 6 heteroatoms. The van der Waals surface area contributed by atoms with Crippen molar-refractivity contribution in [3.8, 4) is 0 Å². The van der Waals surface area contributed by atoms with Crippen molar-refractivity contribution < 1.29 is 14.4 Å². The van der Waals surface area contributed by atoms with Crippen molar-refractivity contribution in [2.75, 3.05) is 16.8 Å². The van der Waals surface area contributed by atoms with Gasteiger partial charge in [0.05, 0.1) is 0 Å². The average molecular weight is 343 g/mol. The maximum atomic E-state index is 12.2. The highest BCUT2D eigenvalue weighted by Gasteiger charge is 2.24. The van der Waals surface area contributed by atoms with Gasteiger partial charge in [-0.25, -0.2) is 0 Å². The number of nitrogens with zero attached hydrogens (tertiary/aromatic N) is 1. The fourth-order valence-electron chi connectivity index (χ4n) is 3.57. The smallest absolute Gasteiger partial charge is 0.313 e. The molecule has 1 heterocycles. The predicted molar refractivity (Wildman–Crippen MR) is 96.4 cm³/mol. The van der Waals surface area contributed by atoms with Crippen molar-refractivity contribution in [1.82, 2.24) is 5.32 Å². The van der Waals surface area contributed by atoms with Gasteiger partial charge in [0, 0.05) is 30.4 Å². The Morgan fingerprint density at radius 3 is 2.52 bits per heavy atom. The summed E-state index contributed by atoms with van der Waals surface area (Å²) in [5.74, 6) is -1.15. The molecule has 1 saturated carbocycles. The molecule has 25 heavy (non-hydrogen) atoms. The monoisotopic (exact) mass is 343 g/mol. The van der Waals surface area contributed by atoms with E-state index in [0.29, 0.717) is 18.7 Å². The molecule has 1 saturated heterocycles. The first kappa shape index (κ1) is 17.5. The minimum Gasteiger partial charge on any atom is -0.345 e. The Hall–Kier alpha value is -2.37. The number of anilines is 2. The van der Waals surface area contributed by atoms with Crippen LogP contribution in [0.4, 0.5) is 11.4 Å². The maximum absolute atomic E-state index is 12.2. The topological polar surface area (TPSA) is 78.5 Å². The zero-order chi connectivity index (χ0) is 17.8. The highest BCUT2D eigenvalue weighted by Crippen LogP contribution is 2.28. The number of rotatable bonds is 3. The lowest BCUT2D eigenvalue weighted by molar-refractivity contribution is -0.136. The van der Waals surface area contributed by atoms with Crippen LogP contribution in [0.3, 0.4) is 0 Å². The van der Waals surface area contributed by atoms with Crippen molar-refractivity contribution >= 4 is 29.1 Å². The molecule has 2 N–H and O–H groups in total. The SMILES string of the molecule is Cc1ccc(NC(=O)C(=O)NC2CCCCC2)cc1N1CCCC1=O. The maximum Gasteiger partial charge on any atom is 0.313 e. The molecular formula is C19H25N3O3. The summed E-state index contributed by atoms with van der Waals surface area (Å²) in [7, 11) is 0. The Bertz CT molecular complexity index is 680. The standard InChI is InChI=1S/C19H25N3O3/c1-13-9-10-15(12-16(13)22-11-5-8-17(22)23)21-19(25)18(24)20-14-6-3-2-4-7-14/h9-10,12,14H,2-8,11H2,1H3,(H,20,24)(H,21,25). The Kier molecular flexibility index (Phi) is 5.36. The van der Waals surface area contributed by atoms with E-state index in [4.69, 9.17) is 0 Å². The Morgan fingerprint density at radius 1 is 1.08 bits per heavy atom. The molecule has 1 aromatic carbocycles. The molecule has 1 aliphatic carbocycles. The summed E-state index contributed by atoms with van der Waals surface area (Å²) in [4.78, 5) is 38.0. The zero-order valence-electron chi connectivity index (χ0n) is 14.6. The fraction of sp³-hybridized carbons (Fsp3) is 0.526. The molecule has 0 unspecified atom stereocenters. The van der Waals surface area contributed by atoms with Crippen molar-refractivity contribution in [3.05, 3.63) is 23.8 Å². The average Bonchev–Trinajstić information content (AvgIpc) is 3.03. The number of nitrogens with one attached hydrogen (secondary N) is 2. The summed E-state index contributed by atoms with van der Waals surface area (Å²) in [5.41, 5.74) is 2.30. The molecule has 3 amide bonds. The molecule has 3 rings (SSSR count). The number of hydrogen-bond acceptors (Lipinski definition) is 3. The van der Waals surface area contributed by atoms with Gasteiger partial charge < -0.3 is 15.5 Å². The van der Waals surface area contributed by atoms with Gasteiger partial charge in [0.15, 0.2) is 0 Å². The third-order valence-corrected chi connectivity index (χ3v) is 4.98. The second kappa shape index (κ2) is 7.68. The number of amides is 3. The molecular weight excluding hydrogens is 318 g/mol. The number of aryl methyl sites for hydroxylation is 1. The first-order chi connectivity index (χ1) is 12.0. The van der Waals surface area contributed by atoms with E-state index in [2.05, 4.69) is 10.6 Å². The summed E-state index contributed by atoms with van der Waals surface area (Å²) >= 11 is 0. The van der Waals surface area contributed by atoms with E-state index in [0.717, 1.165) is 43.4 Å². The molecule has 134 valence electrons. The molecule has 0 spiro atoms. The minimum atomic E-state index is -0.659. The number of benzene rings is 1. The van der Waals surface area contributed by atoms with Crippen LogP contribution in [-0.4, -0.2) is 30.3 Å². The van der Waals surface area contributed by atoms with Gasteiger partial charge >= 0.3 is 11.8 Å². The summed E-state index contributed by atoms with van der Waals surface area (Å²) < 4.78 is 0. The molecule has 2 fully saturated rings. The van der Waals surface area contributed by atoms with Crippen LogP contribution >= 0.6 is 0 Å². The van der Waals surface area contributed by atoms with Crippen LogP contribution in [0.1, 0.15) is 50.5 Å². The van der Waals surface area contributed by atoms with Gasteiger partial charge in [0.25, 0.3) is 0 Å². The first-order valence-corrected chi connectivity index (χ1v) is 9.07. The second-order valence-electron chi connectivity index (χ2n) is 6.91. The summed E-state index contributed by atoms with van der Waals surface area (Å²) in [6.07, 6.45) is 6.66.